The predicted octanol–water partition coefficient (Wildman–Crippen LogP) is 1.65. The molecule has 0 amide bonds. The fourth-order valence-electron chi connectivity index (χ4n) is 2.78. The second kappa shape index (κ2) is 7.10. The number of nitrogens with zero attached hydrogens (tertiary/aromatic N) is 1. The van der Waals surface area contributed by atoms with Crippen molar-refractivity contribution in [2.75, 3.05) is 32.8 Å². The van der Waals surface area contributed by atoms with E-state index in [2.05, 4.69) is 31.0 Å². The molecule has 0 aromatic heterocycles. The van der Waals surface area contributed by atoms with Crippen LogP contribution in [0.15, 0.2) is 0 Å². The summed E-state index contributed by atoms with van der Waals surface area (Å²) < 4.78 is 5.19. The maximum atomic E-state index is 12.0. The number of ether oxygens (including phenoxy) is 1. The number of carbonyl (C=O) groups excluding carboxylic acids is 1. The highest BCUT2D eigenvalue weighted by atomic mass is 16.5. The van der Waals surface area contributed by atoms with E-state index in [1.807, 2.05) is 6.92 Å². The normalized spacial score (nSPS) is 27.1. The molecule has 18 heavy (non-hydrogen) atoms. The molecule has 1 fully saturated rings. The van der Waals surface area contributed by atoms with Crippen molar-refractivity contribution in [3.8, 4) is 0 Å². The van der Waals surface area contributed by atoms with Gasteiger partial charge in [-0.05, 0) is 38.8 Å². The summed E-state index contributed by atoms with van der Waals surface area (Å²) in [6.07, 6.45) is 1.81. The zero-order valence-corrected chi connectivity index (χ0v) is 12.3. The van der Waals surface area contributed by atoms with Crippen molar-refractivity contribution in [2.24, 2.45) is 5.92 Å². The second-order valence-electron chi connectivity index (χ2n) is 5.27. The number of rotatable bonds is 8. The molecule has 4 heteroatoms. The van der Waals surface area contributed by atoms with E-state index in [9.17, 15) is 4.79 Å². The average molecular weight is 256 g/mol. The Hall–Kier alpha value is -0.610. The van der Waals surface area contributed by atoms with Crippen LogP contribution >= 0.6 is 0 Å². The van der Waals surface area contributed by atoms with Gasteiger partial charge in [-0.2, -0.15) is 0 Å². The lowest BCUT2D eigenvalue weighted by molar-refractivity contribution is -0.157. The first-order valence-corrected chi connectivity index (χ1v) is 7.22. The van der Waals surface area contributed by atoms with E-state index < -0.39 is 5.54 Å². The van der Waals surface area contributed by atoms with Crippen LogP contribution in [0.4, 0.5) is 0 Å². The third-order valence-electron chi connectivity index (χ3n) is 3.85. The van der Waals surface area contributed by atoms with Gasteiger partial charge in [0.05, 0.1) is 6.61 Å². The summed E-state index contributed by atoms with van der Waals surface area (Å²) >= 11 is 0. The van der Waals surface area contributed by atoms with Crippen molar-refractivity contribution in [2.45, 2.75) is 46.1 Å². The summed E-state index contributed by atoms with van der Waals surface area (Å²) in [5.41, 5.74) is -0.400. The number of likely N-dealkylation sites (N-methyl/N-ethyl adjacent to an activating group) is 1. The molecule has 1 aliphatic rings. The van der Waals surface area contributed by atoms with Crippen LogP contribution in [0.5, 0.6) is 0 Å². The summed E-state index contributed by atoms with van der Waals surface area (Å²) in [5.74, 6) is 0.554. The Bertz CT molecular complexity index is 259. The van der Waals surface area contributed by atoms with Gasteiger partial charge in [0.15, 0.2) is 0 Å². The van der Waals surface area contributed by atoms with Gasteiger partial charge in [-0.1, -0.05) is 20.8 Å². The van der Waals surface area contributed by atoms with Gasteiger partial charge in [0, 0.05) is 13.1 Å². The van der Waals surface area contributed by atoms with Crippen LogP contribution in [0.2, 0.25) is 0 Å². The minimum absolute atomic E-state index is 0.0670. The molecule has 0 saturated heterocycles. The lowest BCUT2D eigenvalue weighted by atomic mass is 9.69. The quantitative estimate of drug-likeness (QED) is 0.671. The standard InChI is InChI=1S/C14H28N2O2/c1-5-16(6-2)9-8-15-14(10-12(4)11-14)13(17)18-7-3/h12,15H,5-11H2,1-4H3. The van der Waals surface area contributed by atoms with Crippen LogP contribution in [-0.2, 0) is 9.53 Å². The van der Waals surface area contributed by atoms with Gasteiger partial charge >= 0.3 is 5.97 Å². The maximum absolute atomic E-state index is 12.0. The first kappa shape index (κ1) is 15.4. The lowest BCUT2D eigenvalue weighted by Gasteiger charge is -2.45. The van der Waals surface area contributed by atoms with Crippen molar-refractivity contribution in [1.82, 2.24) is 10.2 Å². The van der Waals surface area contributed by atoms with Gasteiger partial charge in [-0.15, -0.1) is 0 Å². The Morgan fingerprint density at radius 3 is 2.39 bits per heavy atom. The highest BCUT2D eigenvalue weighted by Gasteiger charge is 2.49. The summed E-state index contributed by atoms with van der Waals surface area (Å²) in [7, 11) is 0. The number of carbonyl (C=O) groups is 1. The summed E-state index contributed by atoms with van der Waals surface area (Å²) in [4.78, 5) is 14.4. The number of esters is 1. The molecule has 0 aliphatic heterocycles. The summed E-state index contributed by atoms with van der Waals surface area (Å²) in [5, 5.41) is 3.43. The molecule has 0 aromatic rings. The predicted molar refractivity (Wildman–Crippen MR) is 73.6 cm³/mol. The Balaban J connectivity index is 2.41. The molecule has 0 unspecified atom stereocenters. The molecule has 0 aromatic carbocycles. The van der Waals surface area contributed by atoms with Gasteiger partial charge in [0.25, 0.3) is 0 Å². The van der Waals surface area contributed by atoms with E-state index in [0.29, 0.717) is 12.5 Å². The molecule has 1 saturated carbocycles. The molecule has 106 valence electrons. The van der Waals surface area contributed by atoms with E-state index >= 15 is 0 Å². The molecular formula is C14H28N2O2. The SMILES string of the molecule is CCOC(=O)C1(NCCN(CC)CC)CC(C)C1. The minimum Gasteiger partial charge on any atom is -0.465 e. The fraction of sp³-hybridized carbons (Fsp3) is 0.929. The number of hydrogen-bond donors (Lipinski definition) is 1. The largest absolute Gasteiger partial charge is 0.465 e. The third kappa shape index (κ3) is 3.69. The molecule has 1 rings (SSSR count). The van der Waals surface area contributed by atoms with E-state index in [-0.39, 0.29) is 5.97 Å². The van der Waals surface area contributed by atoms with Gasteiger partial charge in [0.2, 0.25) is 0 Å². The molecule has 0 spiro atoms. The van der Waals surface area contributed by atoms with E-state index in [1.54, 1.807) is 0 Å². The van der Waals surface area contributed by atoms with Gasteiger partial charge in [0.1, 0.15) is 5.54 Å². The third-order valence-corrected chi connectivity index (χ3v) is 3.85. The fourth-order valence-corrected chi connectivity index (χ4v) is 2.78. The zero-order chi connectivity index (χ0) is 13.6. The van der Waals surface area contributed by atoms with Crippen LogP contribution in [-0.4, -0.2) is 49.2 Å². The molecule has 0 bridgehead atoms. The Labute approximate surface area is 111 Å². The Kier molecular flexibility index (Phi) is 6.09. The van der Waals surface area contributed by atoms with E-state index in [0.717, 1.165) is 39.0 Å². The molecule has 0 radical (unpaired) electrons. The van der Waals surface area contributed by atoms with E-state index in [4.69, 9.17) is 4.74 Å². The molecule has 0 atom stereocenters. The van der Waals surface area contributed by atoms with Gasteiger partial charge < -0.3 is 15.0 Å². The van der Waals surface area contributed by atoms with E-state index in [1.165, 1.54) is 0 Å². The summed E-state index contributed by atoms with van der Waals surface area (Å²) in [6, 6.07) is 0. The molecule has 1 aliphatic carbocycles. The van der Waals surface area contributed by atoms with Crippen LogP contribution in [0, 0.1) is 5.92 Å². The van der Waals surface area contributed by atoms with Crippen LogP contribution in [0.25, 0.3) is 0 Å². The van der Waals surface area contributed by atoms with Gasteiger partial charge in [-0.25, -0.2) is 0 Å². The minimum atomic E-state index is -0.400. The van der Waals surface area contributed by atoms with Crippen molar-refractivity contribution < 1.29 is 9.53 Å². The topological polar surface area (TPSA) is 41.6 Å². The molecular weight excluding hydrogens is 228 g/mol. The highest BCUT2D eigenvalue weighted by molar-refractivity contribution is 5.82. The Morgan fingerprint density at radius 1 is 1.33 bits per heavy atom. The molecule has 0 heterocycles. The van der Waals surface area contributed by atoms with Gasteiger partial charge in [-0.3, -0.25) is 4.79 Å². The highest BCUT2D eigenvalue weighted by Crippen LogP contribution is 2.38. The molecule has 4 nitrogen and oxygen atoms in total. The average Bonchev–Trinajstić information content (AvgIpc) is 2.32. The monoisotopic (exact) mass is 256 g/mol. The van der Waals surface area contributed by atoms with Crippen molar-refractivity contribution in [3.05, 3.63) is 0 Å². The first-order chi connectivity index (χ1) is 8.57. The maximum Gasteiger partial charge on any atom is 0.326 e. The smallest absolute Gasteiger partial charge is 0.326 e. The number of hydrogen-bond acceptors (Lipinski definition) is 4. The second-order valence-corrected chi connectivity index (χ2v) is 5.27. The van der Waals surface area contributed by atoms with Crippen LogP contribution < -0.4 is 5.32 Å². The summed E-state index contributed by atoms with van der Waals surface area (Å²) in [6.45, 7) is 12.8. The first-order valence-electron chi connectivity index (χ1n) is 7.22. The lowest BCUT2D eigenvalue weighted by Crippen LogP contribution is -2.62. The zero-order valence-electron chi connectivity index (χ0n) is 12.3. The van der Waals surface area contributed by atoms with Crippen molar-refractivity contribution in [3.63, 3.8) is 0 Å². The van der Waals surface area contributed by atoms with Crippen molar-refractivity contribution in [1.29, 1.82) is 0 Å². The molecule has 1 N–H and O–H groups in total. The van der Waals surface area contributed by atoms with Crippen LogP contribution in [0.1, 0.15) is 40.5 Å². The number of nitrogens with one attached hydrogen (secondary N) is 1. The Morgan fingerprint density at radius 2 is 1.94 bits per heavy atom. The van der Waals surface area contributed by atoms with Crippen LogP contribution in [0.3, 0.4) is 0 Å². The van der Waals surface area contributed by atoms with Crippen molar-refractivity contribution >= 4 is 5.97 Å².